The lowest BCUT2D eigenvalue weighted by molar-refractivity contribution is 0.313. The van der Waals surface area contributed by atoms with Crippen molar-refractivity contribution in [3.8, 4) is 11.1 Å². The summed E-state index contributed by atoms with van der Waals surface area (Å²) in [4.78, 5) is 0. The average molecular weight is 582 g/mol. The van der Waals surface area contributed by atoms with E-state index in [1.165, 1.54) is 22.3 Å². The molecule has 0 aromatic heterocycles. The average Bonchev–Trinajstić information content (AvgIpc) is 3.46. The fourth-order valence-electron chi connectivity index (χ4n) is 8.53. The van der Waals surface area contributed by atoms with Gasteiger partial charge in [0.1, 0.15) is 0 Å². The Morgan fingerprint density at radius 3 is 2.38 bits per heavy atom. The maximum atomic E-state index is 3.55. The number of benzene rings is 3. The quantitative estimate of drug-likeness (QED) is 0.289. The van der Waals surface area contributed by atoms with Crippen molar-refractivity contribution >= 4 is 21.5 Å². The van der Waals surface area contributed by atoms with E-state index < -0.39 is 0 Å². The van der Waals surface area contributed by atoms with Crippen LogP contribution in [-0.2, 0) is 11.8 Å². The van der Waals surface area contributed by atoms with Crippen molar-refractivity contribution in [2.45, 2.75) is 38.0 Å². The van der Waals surface area contributed by atoms with Crippen LogP contribution in [-0.4, -0.2) is 0 Å². The van der Waals surface area contributed by atoms with Gasteiger partial charge in [-0.1, -0.05) is 132 Å². The first-order chi connectivity index (χ1) is 19.6. The number of fused-ring (bicyclic) bond motifs is 9. The van der Waals surface area contributed by atoms with Crippen LogP contribution in [0.1, 0.15) is 42.9 Å². The van der Waals surface area contributed by atoms with E-state index in [4.69, 9.17) is 0 Å². The number of hydrogen-bond donors (Lipinski definition) is 0. The zero-order valence-corrected chi connectivity index (χ0v) is 24.5. The SMILES string of the molecule is CC1CC=CC2=C1C1=CC=C(Cc3ccc(-c4ccc(Br)cc4)cc3)CC1C21c2ccccc2C2=CC=CCC21. The zero-order chi connectivity index (χ0) is 26.8. The normalized spacial score (nSPS) is 27.6. The van der Waals surface area contributed by atoms with Crippen molar-refractivity contribution in [2.75, 3.05) is 0 Å². The molecule has 40 heavy (non-hydrogen) atoms. The molecule has 1 heteroatoms. The van der Waals surface area contributed by atoms with Crippen LogP contribution < -0.4 is 0 Å². The van der Waals surface area contributed by atoms with Crippen LogP contribution in [0.25, 0.3) is 16.7 Å². The van der Waals surface area contributed by atoms with Crippen LogP contribution in [0.3, 0.4) is 0 Å². The van der Waals surface area contributed by atoms with Crippen molar-refractivity contribution in [3.63, 3.8) is 0 Å². The minimum absolute atomic E-state index is 0.0322. The number of hydrogen-bond acceptors (Lipinski definition) is 0. The van der Waals surface area contributed by atoms with E-state index in [-0.39, 0.29) is 5.41 Å². The Morgan fingerprint density at radius 1 is 0.775 bits per heavy atom. The van der Waals surface area contributed by atoms with Gasteiger partial charge in [0.05, 0.1) is 0 Å². The van der Waals surface area contributed by atoms with Crippen LogP contribution in [0.2, 0.25) is 0 Å². The summed E-state index contributed by atoms with van der Waals surface area (Å²) in [5, 5.41) is 0. The van der Waals surface area contributed by atoms with E-state index in [9.17, 15) is 0 Å². The van der Waals surface area contributed by atoms with E-state index in [2.05, 4.69) is 138 Å². The number of rotatable bonds is 3. The maximum absolute atomic E-state index is 3.55. The molecule has 0 saturated heterocycles. The lowest BCUT2D eigenvalue weighted by Crippen LogP contribution is -2.39. The molecule has 3 aromatic carbocycles. The largest absolute Gasteiger partial charge is 0.0839 e. The van der Waals surface area contributed by atoms with Crippen LogP contribution >= 0.6 is 15.9 Å². The van der Waals surface area contributed by atoms with Crippen molar-refractivity contribution in [1.82, 2.24) is 0 Å². The van der Waals surface area contributed by atoms with Gasteiger partial charge >= 0.3 is 0 Å². The number of allylic oxidation sites excluding steroid dienone is 12. The Bertz CT molecular complexity index is 1700. The second kappa shape index (κ2) is 9.32. The summed E-state index contributed by atoms with van der Waals surface area (Å²) < 4.78 is 1.12. The van der Waals surface area contributed by atoms with Crippen molar-refractivity contribution in [1.29, 1.82) is 0 Å². The zero-order valence-electron chi connectivity index (χ0n) is 22.9. The van der Waals surface area contributed by atoms with E-state index in [1.54, 1.807) is 33.4 Å². The molecule has 0 radical (unpaired) electrons. The smallest absolute Gasteiger partial charge is 0.0354 e. The van der Waals surface area contributed by atoms with Gasteiger partial charge in [0.25, 0.3) is 0 Å². The van der Waals surface area contributed by atoms with E-state index in [0.717, 1.165) is 30.2 Å². The topological polar surface area (TPSA) is 0 Å². The summed E-state index contributed by atoms with van der Waals surface area (Å²) in [7, 11) is 0. The van der Waals surface area contributed by atoms with Crippen molar-refractivity contribution in [3.05, 3.63) is 159 Å². The summed E-state index contributed by atoms with van der Waals surface area (Å²) in [5.74, 6) is 1.58. The third-order valence-corrected chi connectivity index (χ3v) is 10.7. The van der Waals surface area contributed by atoms with Gasteiger partial charge in [-0.3, -0.25) is 0 Å². The molecule has 0 aliphatic heterocycles. The van der Waals surface area contributed by atoms with Gasteiger partial charge < -0.3 is 0 Å². The molecule has 4 atom stereocenters. The highest BCUT2D eigenvalue weighted by molar-refractivity contribution is 9.10. The molecule has 0 fully saturated rings. The highest BCUT2D eigenvalue weighted by atomic mass is 79.9. The summed E-state index contributed by atoms with van der Waals surface area (Å²) in [6.07, 6.45) is 21.5. The second-order valence-electron chi connectivity index (χ2n) is 12.2. The molecule has 0 amide bonds. The minimum Gasteiger partial charge on any atom is -0.0839 e. The molecule has 8 rings (SSSR count). The van der Waals surface area contributed by atoms with E-state index >= 15 is 0 Å². The molecule has 196 valence electrons. The molecule has 0 heterocycles. The Kier molecular flexibility index (Phi) is 5.68. The van der Waals surface area contributed by atoms with Gasteiger partial charge in [-0.15, -0.1) is 0 Å². The lowest BCUT2D eigenvalue weighted by Gasteiger charge is -2.42. The molecule has 5 aliphatic carbocycles. The van der Waals surface area contributed by atoms with Crippen LogP contribution in [0.5, 0.6) is 0 Å². The Balaban J connectivity index is 1.19. The maximum Gasteiger partial charge on any atom is 0.0354 e. The first-order valence-corrected chi connectivity index (χ1v) is 15.6. The highest BCUT2D eigenvalue weighted by Gasteiger charge is 2.61. The van der Waals surface area contributed by atoms with Gasteiger partial charge in [-0.05, 0) is 93.8 Å². The van der Waals surface area contributed by atoms with Crippen LogP contribution in [0.4, 0.5) is 0 Å². The molecule has 0 nitrogen and oxygen atoms in total. The standard InChI is InChI=1S/C39H33Br/c1-25-7-6-12-36-38(25)33-22-15-27(23-26-13-16-28(17-14-26)29-18-20-30(40)21-19-29)24-37(33)39(36)34-10-4-2-8-31(34)32-9-3-5-11-35(32)39/h2-6,8-10,12-22,25,35,37H,7,11,23-24H2,1H3. The molecule has 4 unspecified atom stereocenters. The van der Waals surface area contributed by atoms with Gasteiger partial charge in [0.15, 0.2) is 0 Å². The predicted molar refractivity (Wildman–Crippen MR) is 171 cm³/mol. The van der Waals surface area contributed by atoms with Gasteiger partial charge in [-0.2, -0.15) is 0 Å². The number of halogens is 1. The molecule has 0 bridgehead atoms. The minimum atomic E-state index is 0.0322. The Hall–Kier alpha value is -3.42. The summed E-state index contributed by atoms with van der Waals surface area (Å²) >= 11 is 3.55. The van der Waals surface area contributed by atoms with Crippen LogP contribution in [0.15, 0.2) is 142 Å². The Labute approximate surface area is 246 Å². The van der Waals surface area contributed by atoms with Gasteiger partial charge in [-0.25, -0.2) is 0 Å². The Morgan fingerprint density at radius 2 is 1.55 bits per heavy atom. The first kappa shape index (κ1) is 24.4. The molecule has 3 aromatic rings. The fourth-order valence-corrected chi connectivity index (χ4v) is 8.80. The van der Waals surface area contributed by atoms with E-state index in [1.807, 2.05) is 0 Å². The summed E-state index contributed by atoms with van der Waals surface area (Å²) in [6, 6.07) is 27.2. The molecular weight excluding hydrogens is 548 g/mol. The molecule has 5 aliphatic rings. The molecular formula is C39H33Br. The third-order valence-electron chi connectivity index (χ3n) is 10.2. The van der Waals surface area contributed by atoms with Crippen LogP contribution in [0, 0.1) is 17.8 Å². The summed E-state index contributed by atoms with van der Waals surface area (Å²) in [5.41, 5.74) is 15.0. The third kappa shape index (κ3) is 3.50. The highest BCUT2D eigenvalue weighted by Crippen LogP contribution is 2.68. The predicted octanol–water partition coefficient (Wildman–Crippen LogP) is 10.3. The van der Waals surface area contributed by atoms with E-state index in [0.29, 0.717) is 17.8 Å². The van der Waals surface area contributed by atoms with Gasteiger partial charge in [0.2, 0.25) is 0 Å². The molecule has 1 spiro atoms. The van der Waals surface area contributed by atoms with Gasteiger partial charge in [0, 0.05) is 21.7 Å². The molecule has 0 saturated carbocycles. The van der Waals surface area contributed by atoms with Crippen molar-refractivity contribution in [2.24, 2.45) is 17.8 Å². The van der Waals surface area contributed by atoms with Crippen molar-refractivity contribution < 1.29 is 0 Å². The lowest BCUT2D eigenvalue weighted by atomic mass is 9.59. The fraction of sp³-hybridized carbons (Fsp3) is 0.231. The first-order valence-electron chi connectivity index (χ1n) is 14.8. The molecule has 0 N–H and O–H groups in total. The monoisotopic (exact) mass is 580 g/mol. The summed E-state index contributed by atoms with van der Waals surface area (Å²) in [6.45, 7) is 2.44. The second-order valence-corrected chi connectivity index (χ2v) is 13.1.